The summed E-state index contributed by atoms with van der Waals surface area (Å²) in [6.45, 7) is 0. The first-order chi connectivity index (χ1) is 8.06. The Kier molecular flexibility index (Phi) is 2.82. The van der Waals surface area contributed by atoms with Crippen LogP contribution < -0.4 is 5.63 Å². The van der Waals surface area contributed by atoms with Gasteiger partial charge in [0.1, 0.15) is 11.3 Å². The predicted octanol–water partition coefficient (Wildman–Crippen LogP) is 1.52. The summed E-state index contributed by atoms with van der Waals surface area (Å²) in [5.74, 6) is -0.894. The van der Waals surface area contributed by atoms with Crippen molar-refractivity contribution in [3.63, 3.8) is 0 Å². The van der Waals surface area contributed by atoms with E-state index in [9.17, 15) is 14.7 Å². The zero-order valence-corrected chi connectivity index (χ0v) is 8.84. The number of hydrogen-bond donors (Lipinski definition) is 2. The van der Waals surface area contributed by atoms with Crippen LogP contribution in [-0.2, 0) is 11.2 Å². The van der Waals surface area contributed by atoms with E-state index in [2.05, 4.69) is 0 Å². The van der Waals surface area contributed by atoms with Crippen LogP contribution in [0.15, 0.2) is 33.5 Å². The van der Waals surface area contributed by atoms with Gasteiger partial charge in [0, 0.05) is 17.9 Å². The van der Waals surface area contributed by atoms with Crippen LogP contribution in [0.1, 0.15) is 12.0 Å². The minimum absolute atomic E-state index is 0.0444. The van der Waals surface area contributed by atoms with Crippen molar-refractivity contribution in [2.45, 2.75) is 12.8 Å². The van der Waals surface area contributed by atoms with E-state index in [4.69, 9.17) is 9.52 Å². The van der Waals surface area contributed by atoms with Crippen molar-refractivity contribution in [3.05, 3.63) is 40.2 Å². The summed E-state index contributed by atoms with van der Waals surface area (Å²) in [6, 6.07) is 5.60. The van der Waals surface area contributed by atoms with Gasteiger partial charge < -0.3 is 14.6 Å². The molecule has 2 N–H and O–H groups in total. The second-order valence-electron chi connectivity index (χ2n) is 3.66. The van der Waals surface area contributed by atoms with Crippen molar-refractivity contribution in [3.8, 4) is 5.75 Å². The molecule has 0 fully saturated rings. The van der Waals surface area contributed by atoms with Gasteiger partial charge in [-0.3, -0.25) is 4.79 Å². The van der Waals surface area contributed by atoms with Crippen LogP contribution in [0.5, 0.6) is 5.75 Å². The molecule has 0 unspecified atom stereocenters. The third-order valence-corrected chi connectivity index (χ3v) is 2.42. The van der Waals surface area contributed by atoms with Gasteiger partial charge in [-0.2, -0.15) is 0 Å². The fourth-order valence-electron chi connectivity index (χ4n) is 1.66. The quantitative estimate of drug-likeness (QED) is 0.786. The Morgan fingerprint density at radius 1 is 1.29 bits per heavy atom. The zero-order valence-electron chi connectivity index (χ0n) is 8.84. The number of carboxylic acid groups (broad SMARTS) is 1. The SMILES string of the molecule is O=C(O)CCc1cc(=O)oc2ccc(O)cc12. The average Bonchev–Trinajstić information content (AvgIpc) is 2.26. The molecule has 1 heterocycles. The normalized spacial score (nSPS) is 10.6. The van der Waals surface area contributed by atoms with Crippen molar-refractivity contribution < 1.29 is 19.4 Å². The van der Waals surface area contributed by atoms with Gasteiger partial charge in [-0.25, -0.2) is 4.79 Å². The number of phenolic OH excluding ortho intramolecular Hbond substituents is 1. The van der Waals surface area contributed by atoms with Crippen molar-refractivity contribution in [2.75, 3.05) is 0 Å². The van der Waals surface area contributed by atoms with Crippen molar-refractivity contribution in [1.82, 2.24) is 0 Å². The molecule has 5 nitrogen and oxygen atoms in total. The highest BCUT2D eigenvalue weighted by Gasteiger charge is 2.08. The number of rotatable bonds is 3. The molecular weight excluding hydrogens is 224 g/mol. The summed E-state index contributed by atoms with van der Waals surface area (Å²) in [5.41, 5.74) is 0.383. The minimum atomic E-state index is -0.938. The molecule has 0 aliphatic rings. The number of carboxylic acids is 1. The van der Waals surface area contributed by atoms with Crippen molar-refractivity contribution in [2.24, 2.45) is 0 Å². The Morgan fingerprint density at radius 3 is 2.76 bits per heavy atom. The van der Waals surface area contributed by atoms with Crippen LogP contribution in [0.3, 0.4) is 0 Å². The van der Waals surface area contributed by atoms with Gasteiger partial charge in [0.2, 0.25) is 0 Å². The second-order valence-corrected chi connectivity index (χ2v) is 3.66. The summed E-state index contributed by atoms with van der Waals surface area (Å²) in [7, 11) is 0. The molecule has 0 saturated heterocycles. The summed E-state index contributed by atoms with van der Waals surface area (Å²) < 4.78 is 4.95. The number of aryl methyl sites for hydroxylation is 1. The van der Waals surface area contributed by atoms with E-state index < -0.39 is 11.6 Å². The lowest BCUT2D eigenvalue weighted by Gasteiger charge is -2.04. The van der Waals surface area contributed by atoms with Gasteiger partial charge in [-0.1, -0.05) is 0 Å². The molecule has 0 aliphatic heterocycles. The van der Waals surface area contributed by atoms with E-state index in [1.165, 1.54) is 24.3 Å². The molecule has 0 aliphatic carbocycles. The van der Waals surface area contributed by atoms with Gasteiger partial charge in [-0.05, 0) is 30.2 Å². The highest BCUT2D eigenvalue weighted by atomic mass is 16.4. The number of fused-ring (bicyclic) bond motifs is 1. The Morgan fingerprint density at radius 2 is 2.06 bits per heavy atom. The monoisotopic (exact) mass is 234 g/mol. The van der Waals surface area contributed by atoms with Crippen LogP contribution in [0.4, 0.5) is 0 Å². The maximum absolute atomic E-state index is 11.3. The zero-order chi connectivity index (χ0) is 12.4. The fourth-order valence-corrected chi connectivity index (χ4v) is 1.66. The fraction of sp³-hybridized carbons (Fsp3) is 0.167. The highest BCUT2D eigenvalue weighted by molar-refractivity contribution is 5.82. The molecule has 0 amide bonds. The first kappa shape index (κ1) is 11.2. The van der Waals surface area contributed by atoms with Crippen LogP contribution in [-0.4, -0.2) is 16.2 Å². The van der Waals surface area contributed by atoms with Crippen LogP contribution in [0, 0.1) is 0 Å². The molecule has 2 aromatic rings. The third kappa shape index (κ3) is 2.44. The standard InChI is InChI=1S/C12H10O5/c13-8-2-3-10-9(6-8)7(1-4-11(14)15)5-12(16)17-10/h2-3,5-6,13H,1,4H2,(H,14,15). The molecule has 0 saturated carbocycles. The molecule has 17 heavy (non-hydrogen) atoms. The number of hydrogen-bond acceptors (Lipinski definition) is 4. The maximum atomic E-state index is 11.3. The lowest BCUT2D eigenvalue weighted by molar-refractivity contribution is -0.136. The second kappa shape index (κ2) is 4.29. The molecule has 1 aromatic heterocycles. The topological polar surface area (TPSA) is 87.7 Å². The summed E-state index contributed by atoms with van der Waals surface area (Å²) in [6.07, 6.45) is 0.148. The molecule has 0 spiro atoms. The Labute approximate surface area is 95.9 Å². The Hall–Kier alpha value is -2.30. The minimum Gasteiger partial charge on any atom is -0.508 e. The lowest BCUT2D eigenvalue weighted by atomic mass is 10.1. The van der Waals surface area contributed by atoms with E-state index in [1.54, 1.807) is 0 Å². The number of carbonyl (C=O) groups is 1. The van der Waals surface area contributed by atoms with Crippen LogP contribution in [0.2, 0.25) is 0 Å². The lowest BCUT2D eigenvalue weighted by Crippen LogP contribution is -2.03. The van der Waals surface area contributed by atoms with Gasteiger partial charge in [0.15, 0.2) is 0 Å². The number of phenols is 1. The molecule has 88 valence electrons. The first-order valence-corrected chi connectivity index (χ1v) is 5.04. The molecule has 0 radical (unpaired) electrons. The molecule has 5 heteroatoms. The highest BCUT2D eigenvalue weighted by Crippen LogP contribution is 2.22. The Balaban J connectivity index is 2.55. The predicted molar refractivity (Wildman–Crippen MR) is 60.1 cm³/mol. The summed E-state index contributed by atoms with van der Waals surface area (Å²) >= 11 is 0. The van der Waals surface area contributed by atoms with Crippen LogP contribution in [0.25, 0.3) is 11.0 Å². The molecule has 0 atom stereocenters. The number of benzene rings is 1. The molecule has 0 bridgehead atoms. The summed E-state index contributed by atoms with van der Waals surface area (Å²) in [4.78, 5) is 21.8. The van der Waals surface area contributed by atoms with Gasteiger partial charge in [-0.15, -0.1) is 0 Å². The Bertz CT molecular complexity index is 626. The van der Waals surface area contributed by atoms with Gasteiger partial charge in [0.05, 0.1) is 0 Å². The van der Waals surface area contributed by atoms with E-state index in [-0.39, 0.29) is 18.6 Å². The smallest absolute Gasteiger partial charge is 0.336 e. The van der Waals surface area contributed by atoms with E-state index in [0.717, 1.165) is 0 Å². The van der Waals surface area contributed by atoms with E-state index in [1.807, 2.05) is 0 Å². The maximum Gasteiger partial charge on any atom is 0.336 e. The third-order valence-electron chi connectivity index (χ3n) is 2.42. The van der Waals surface area contributed by atoms with Gasteiger partial charge in [0.25, 0.3) is 0 Å². The summed E-state index contributed by atoms with van der Waals surface area (Å²) in [5, 5.41) is 18.5. The van der Waals surface area contributed by atoms with Crippen molar-refractivity contribution >= 4 is 16.9 Å². The molecular formula is C12H10O5. The number of aromatic hydroxyl groups is 1. The van der Waals surface area contributed by atoms with E-state index >= 15 is 0 Å². The van der Waals surface area contributed by atoms with Crippen LogP contribution >= 0.6 is 0 Å². The van der Waals surface area contributed by atoms with E-state index in [0.29, 0.717) is 16.5 Å². The largest absolute Gasteiger partial charge is 0.508 e. The molecule has 1 aromatic carbocycles. The number of aliphatic carboxylic acids is 1. The average molecular weight is 234 g/mol. The molecule has 2 rings (SSSR count). The van der Waals surface area contributed by atoms with Crippen molar-refractivity contribution in [1.29, 1.82) is 0 Å². The van der Waals surface area contributed by atoms with Gasteiger partial charge >= 0.3 is 11.6 Å². The first-order valence-electron chi connectivity index (χ1n) is 5.04.